The second-order valence-electron chi connectivity index (χ2n) is 3.69. The van der Waals surface area contributed by atoms with E-state index in [2.05, 4.69) is 13.8 Å². The zero-order valence-electron chi connectivity index (χ0n) is 5.07. The summed E-state index contributed by atoms with van der Waals surface area (Å²) >= 11 is 0. The molecule has 0 atom stereocenters. The van der Waals surface area contributed by atoms with Crippen LogP contribution in [0.1, 0.15) is 26.7 Å². The summed E-state index contributed by atoms with van der Waals surface area (Å²) in [6, 6.07) is 0. The second kappa shape index (κ2) is 0.765. The quantitative estimate of drug-likeness (QED) is 0.433. The lowest BCUT2D eigenvalue weighted by atomic mass is 9.40. The lowest BCUT2D eigenvalue weighted by molar-refractivity contribution is -0.156. The predicted octanol–water partition coefficient (Wildman–Crippen LogP) is 2.05. The molecular weight excluding hydrogens is 84.1 g/mol. The van der Waals surface area contributed by atoms with Crippen LogP contribution in [0.2, 0.25) is 0 Å². The van der Waals surface area contributed by atoms with Gasteiger partial charge >= 0.3 is 0 Å². The molecule has 0 aliphatic heterocycles. The summed E-state index contributed by atoms with van der Waals surface area (Å²) in [6.07, 6.45) is 3.10. The summed E-state index contributed by atoms with van der Waals surface area (Å²) in [7, 11) is 0. The Labute approximate surface area is 44.9 Å². The molecule has 0 aromatic carbocycles. The van der Waals surface area contributed by atoms with Crippen molar-refractivity contribution in [3.63, 3.8) is 0 Å². The van der Waals surface area contributed by atoms with E-state index >= 15 is 0 Å². The van der Waals surface area contributed by atoms with Crippen LogP contribution in [0.15, 0.2) is 0 Å². The van der Waals surface area contributed by atoms with E-state index in [-0.39, 0.29) is 0 Å². The first-order valence-corrected chi connectivity index (χ1v) is 3.21. The van der Waals surface area contributed by atoms with Crippen LogP contribution in [0.5, 0.6) is 0 Å². The fraction of sp³-hybridized carbons (Fsp3) is 1.00. The highest BCUT2D eigenvalue weighted by atomic mass is 14.6. The van der Waals surface area contributed by atoms with Crippen LogP contribution in [-0.4, -0.2) is 0 Å². The molecule has 0 saturated heterocycles. The normalized spacial score (nSPS) is 52.3. The van der Waals surface area contributed by atoms with Crippen molar-refractivity contribution < 1.29 is 0 Å². The maximum atomic E-state index is 2.40. The summed E-state index contributed by atoms with van der Waals surface area (Å²) in [4.78, 5) is 0. The molecule has 0 N–H and O–H groups in total. The van der Waals surface area contributed by atoms with Gasteiger partial charge in [0, 0.05) is 0 Å². The van der Waals surface area contributed by atoms with Crippen molar-refractivity contribution in [1.29, 1.82) is 0 Å². The van der Waals surface area contributed by atoms with Gasteiger partial charge in [0.1, 0.15) is 0 Å². The van der Waals surface area contributed by atoms with Crippen molar-refractivity contribution in [3.05, 3.63) is 0 Å². The van der Waals surface area contributed by atoms with E-state index in [9.17, 15) is 0 Å². The van der Waals surface area contributed by atoms with E-state index < -0.39 is 0 Å². The number of hydrogen-bond donors (Lipinski definition) is 0. The molecule has 0 unspecified atom stereocenters. The molecule has 40 valence electrons. The van der Waals surface area contributed by atoms with E-state index in [1.807, 2.05) is 0 Å². The van der Waals surface area contributed by atoms with Crippen LogP contribution < -0.4 is 0 Å². The van der Waals surface area contributed by atoms with E-state index in [1.54, 1.807) is 12.8 Å². The third kappa shape index (κ3) is 0.240. The van der Waals surface area contributed by atoms with Crippen LogP contribution >= 0.6 is 0 Å². The van der Waals surface area contributed by atoms with Crippen molar-refractivity contribution in [2.75, 3.05) is 0 Å². The zero-order chi connectivity index (χ0) is 5.07. The highest BCUT2D eigenvalue weighted by Gasteiger charge is 2.58. The molecule has 3 aliphatic rings. The van der Waals surface area contributed by atoms with Crippen molar-refractivity contribution >= 4 is 0 Å². The van der Waals surface area contributed by atoms with Gasteiger partial charge in [-0.2, -0.15) is 0 Å². The van der Waals surface area contributed by atoms with Gasteiger partial charge in [-0.15, -0.1) is 0 Å². The van der Waals surface area contributed by atoms with Gasteiger partial charge in [-0.25, -0.2) is 0 Å². The van der Waals surface area contributed by atoms with Gasteiger partial charge in [-0.1, -0.05) is 13.8 Å². The van der Waals surface area contributed by atoms with Crippen molar-refractivity contribution in [2.45, 2.75) is 26.7 Å². The smallest absolute Gasteiger partial charge is 0.0297 e. The Hall–Kier alpha value is 0. The lowest BCUT2D eigenvalue weighted by Crippen LogP contribution is -2.57. The average molecular weight is 96.2 g/mol. The van der Waals surface area contributed by atoms with Gasteiger partial charge < -0.3 is 0 Å². The summed E-state index contributed by atoms with van der Waals surface area (Å²) in [5, 5.41) is 0. The van der Waals surface area contributed by atoms with Gasteiger partial charge in [-0.05, 0) is 30.1 Å². The summed E-state index contributed by atoms with van der Waals surface area (Å²) in [5.41, 5.74) is 0.778. The highest BCUT2D eigenvalue weighted by Crippen LogP contribution is 2.66. The monoisotopic (exact) mass is 96.1 g/mol. The molecular formula is C7H12. The lowest BCUT2D eigenvalue weighted by Gasteiger charge is -2.65. The molecule has 0 aromatic heterocycles. The maximum Gasteiger partial charge on any atom is -0.0297 e. The summed E-state index contributed by atoms with van der Waals surface area (Å²) in [6.45, 7) is 4.80. The maximum absolute atomic E-state index is 2.40. The van der Waals surface area contributed by atoms with Crippen molar-refractivity contribution in [2.24, 2.45) is 17.3 Å². The minimum absolute atomic E-state index is 0.778. The molecule has 0 heteroatoms. The Morgan fingerprint density at radius 1 is 1.14 bits per heavy atom. The van der Waals surface area contributed by atoms with E-state index in [4.69, 9.17) is 0 Å². The van der Waals surface area contributed by atoms with Crippen LogP contribution in [0.4, 0.5) is 0 Å². The fourth-order valence-electron chi connectivity index (χ4n) is 1.85. The third-order valence-electron chi connectivity index (χ3n) is 3.24. The first kappa shape index (κ1) is 3.94. The highest BCUT2D eigenvalue weighted by molar-refractivity contribution is 5.07. The second-order valence-corrected chi connectivity index (χ2v) is 3.69. The molecule has 0 spiro atoms. The predicted molar refractivity (Wildman–Crippen MR) is 30.0 cm³/mol. The molecule has 3 saturated carbocycles. The Balaban J connectivity index is 2.18. The van der Waals surface area contributed by atoms with Crippen LogP contribution in [0.25, 0.3) is 0 Å². The Morgan fingerprint density at radius 2 is 1.43 bits per heavy atom. The minimum Gasteiger partial charge on any atom is -0.0594 e. The molecule has 0 amide bonds. The van der Waals surface area contributed by atoms with E-state index in [1.165, 1.54) is 0 Å². The molecule has 3 aliphatic carbocycles. The van der Waals surface area contributed by atoms with E-state index in [0.29, 0.717) is 0 Å². The SMILES string of the molecule is CC1(C)C2CC1C2. The minimum atomic E-state index is 0.778. The molecule has 0 radical (unpaired) electrons. The van der Waals surface area contributed by atoms with Gasteiger partial charge in [0.05, 0.1) is 0 Å². The van der Waals surface area contributed by atoms with E-state index in [0.717, 1.165) is 17.3 Å². The van der Waals surface area contributed by atoms with Crippen LogP contribution in [-0.2, 0) is 0 Å². The van der Waals surface area contributed by atoms with Crippen LogP contribution in [0.3, 0.4) is 0 Å². The molecule has 0 aromatic rings. The first-order valence-electron chi connectivity index (χ1n) is 3.21. The topological polar surface area (TPSA) is 0 Å². The third-order valence-corrected chi connectivity index (χ3v) is 3.24. The number of rotatable bonds is 0. The van der Waals surface area contributed by atoms with Gasteiger partial charge in [0.25, 0.3) is 0 Å². The Morgan fingerprint density at radius 3 is 1.43 bits per heavy atom. The molecule has 0 nitrogen and oxygen atoms in total. The Kier molecular flexibility index (Phi) is 0.430. The average Bonchev–Trinajstić information content (AvgIpc) is 1.26. The fourth-order valence-corrected chi connectivity index (χ4v) is 1.85. The molecule has 2 bridgehead atoms. The van der Waals surface area contributed by atoms with Crippen molar-refractivity contribution in [1.82, 2.24) is 0 Å². The van der Waals surface area contributed by atoms with Gasteiger partial charge in [0.15, 0.2) is 0 Å². The first-order chi connectivity index (χ1) is 3.21. The molecule has 0 heterocycles. The zero-order valence-corrected chi connectivity index (χ0v) is 5.07. The standard InChI is InChI=1S/C7H12/c1-7(2)5-3-6(7)4-5/h5-6H,3-4H2,1-2H3. The van der Waals surface area contributed by atoms with Gasteiger partial charge in [0.2, 0.25) is 0 Å². The molecule has 7 heavy (non-hydrogen) atoms. The van der Waals surface area contributed by atoms with Crippen molar-refractivity contribution in [3.8, 4) is 0 Å². The largest absolute Gasteiger partial charge is 0.0594 e. The number of hydrogen-bond acceptors (Lipinski definition) is 0. The summed E-state index contributed by atoms with van der Waals surface area (Å²) < 4.78 is 0. The summed E-state index contributed by atoms with van der Waals surface area (Å²) in [5.74, 6) is 2.25. The molecule has 3 rings (SSSR count). The van der Waals surface area contributed by atoms with Gasteiger partial charge in [-0.3, -0.25) is 0 Å². The van der Waals surface area contributed by atoms with Crippen LogP contribution in [0, 0.1) is 17.3 Å². The molecule has 3 fully saturated rings. The Bertz CT molecular complexity index is 86.6.